The first-order valence-corrected chi connectivity index (χ1v) is 13.3. The molecule has 5 nitrogen and oxygen atoms in total. The van der Waals surface area contributed by atoms with E-state index in [0.717, 1.165) is 24.3 Å². The fraction of sp³-hybridized carbons (Fsp3) is 0.375. The van der Waals surface area contributed by atoms with E-state index in [1.165, 1.54) is 16.7 Å². The Morgan fingerprint density at radius 3 is 2.27 bits per heavy atom. The Morgan fingerprint density at radius 1 is 1.00 bits per heavy atom. The van der Waals surface area contributed by atoms with E-state index >= 15 is 0 Å². The topological polar surface area (TPSA) is 58.6 Å². The van der Waals surface area contributed by atoms with Crippen molar-refractivity contribution >= 4 is 17.5 Å². The summed E-state index contributed by atoms with van der Waals surface area (Å²) in [6.07, 6.45) is 2.79. The molecule has 0 fully saturated rings. The molecule has 1 N–H and O–H groups in total. The lowest BCUT2D eigenvalue weighted by Crippen LogP contribution is -2.40. The minimum atomic E-state index is -0.0621. The fourth-order valence-electron chi connectivity index (χ4n) is 4.81. The third-order valence-corrected chi connectivity index (χ3v) is 7.51. The van der Waals surface area contributed by atoms with E-state index < -0.39 is 0 Å². The van der Waals surface area contributed by atoms with Crippen molar-refractivity contribution in [3.63, 3.8) is 0 Å². The first kappa shape index (κ1) is 26.5. The third kappa shape index (κ3) is 6.59. The fourth-order valence-corrected chi connectivity index (χ4v) is 4.81. The van der Waals surface area contributed by atoms with Crippen LogP contribution in [0.3, 0.4) is 0 Å². The molecule has 194 valence electrons. The van der Waals surface area contributed by atoms with Crippen LogP contribution in [0.5, 0.6) is 5.75 Å². The van der Waals surface area contributed by atoms with Crippen molar-refractivity contribution in [2.45, 2.75) is 57.8 Å². The Balaban J connectivity index is 1.32. The Bertz CT molecular complexity index is 1150. The molecule has 0 spiro atoms. The number of fused-ring (bicyclic) bond motifs is 1. The van der Waals surface area contributed by atoms with Crippen molar-refractivity contribution in [3.05, 3.63) is 95.6 Å². The average molecular weight is 499 g/mol. The summed E-state index contributed by atoms with van der Waals surface area (Å²) in [5.74, 6) is 0.911. The molecule has 0 unspecified atom stereocenters. The number of nitrogens with zero attached hydrogens (tertiary/aromatic N) is 1. The van der Waals surface area contributed by atoms with Crippen LogP contribution < -0.4 is 15.0 Å². The molecule has 1 heterocycles. The van der Waals surface area contributed by atoms with Crippen LogP contribution in [0.2, 0.25) is 0 Å². The van der Waals surface area contributed by atoms with E-state index in [4.69, 9.17) is 4.74 Å². The average Bonchev–Trinajstić information content (AvgIpc) is 2.93. The molecule has 3 aromatic carbocycles. The van der Waals surface area contributed by atoms with Gasteiger partial charge < -0.3 is 15.0 Å². The SMILES string of the molecule is CCC(C)(C)c1ccc2c(c1)N(CCCC(=O)NCCC(c1ccccc1)c1ccccc1)C(=O)CO2. The molecule has 0 aromatic heterocycles. The van der Waals surface area contributed by atoms with Crippen LogP contribution in [-0.2, 0) is 15.0 Å². The van der Waals surface area contributed by atoms with Crippen LogP contribution >= 0.6 is 0 Å². The van der Waals surface area contributed by atoms with E-state index in [0.29, 0.717) is 25.9 Å². The molecular formula is C32H38N2O3. The van der Waals surface area contributed by atoms with Gasteiger partial charge in [0.15, 0.2) is 6.61 Å². The molecule has 5 heteroatoms. The van der Waals surface area contributed by atoms with Gasteiger partial charge in [-0.15, -0.1) is 0 Å². The Morgan fingerprint density at radius 2 is 1.65 bits per heavy atom. The summed E-state index contributed by atoms with van der Waals surface area (Å²) in [7, 11) is 0. The maximum absolute atomic E-state index is 12.7. The Labute approximate surface area is 220 Å². The summed E-state index contributed by atoms with van der Waals surface area (Å²) >= 11 is 0. The first-order chi connectivity index (χ1) is 17.9. The van der Waals surface area contributed by atoms with Gasteiger partial charge in [0.05, 0.1) is 5.69 Å². The highest BCUT2D eigenvalue weighted by atomic mass is 16.5. The molecular weight excluding hydrogens is 460 g/mol. The molecule has 4 rings (SSSR count). The van der Waals surface area contributed by atoms with E-state index in [9.17, 15) is 9.59 Å². The lowest BCUT2D eigenvalue weighted by Gasteiger charge is -2.32. The second-order valence-corrected chi connectivity index (χ2v) is 10.4. The lowest BCUT2D eigenvalue weighted by atomic mass is 9.82. The standard InChI is InChI=1S/C32H38N2O3/c1-4-32(2,3)26-17-18-29-28(22-26)34(31(36)23-37-29)21-11-16-30(35)33-20-19-27(24-12-7-5-8-13-24)25-14-9-6-10-15-25/h5-10,12-15,17-18,22,27H,4,11,16,19-21,23H2,1-3H3,(H,33,35). The molecule has 0 aliphatic carbocycles. The number of amides is 2. The first-order valence-electron chi connectivity index (χ1n) is 13.3. The molecule has 0 saturated carbocycles. The smallest absolute Gasteiger partial charge is 0.265 e. The normalized spacial score (nSPS) is 13.3. The van der Waals surface area contributed by atoms with Crippen molar-refractivity contribution in [2.24, 2.45) is 0 Å². The van der Waals surface area contributed by atoms with Gasteiger partial charge in [0.25, 0.3) is 5.91 Å². The lowest BCUT2D eigenvalue weighted by molar-refractivity contribution is -0.122. The van der Waals surface area contributed by atoms with Crippen LogP contribution in [0, 0.1) is 0 Å². The number of hydrogen-bond donors (Lipinski definition) is 1. The summed E-state index contributed by atoms with van der Waals surface area (Å²) in [4.78, 5) is 27.1. The molecule has 3 aromatic rings. The van der Waals surface area contributed by atoms with E-state index in [1.54, 1.807) is 4.90 Å². The summed E-state index contributed by atoms with van der Waals surface area (Å²) < 4.78 is 5.67. The maximum Gasteiger partial charge on any atom is 0.265 e. The highest BCUT2D eigenvalue weighted by Crippen LogP contribution is 2.37. The van der Waals surface area contributed by atoms with Crippen molar-refractivity contribution in [1.29, 1.82) is 0 Å². The van der Waals surface area contributed by atoms with Gasteiger partial charge in [-0.25, -0.2) is 0 Å². The van der Waals surface area contributed by atoms with Crippen molar-refractivity contribution in [2.75, 3.05) is 24.6 Å². The molecule has 37 heavy (non-hydrogen) atoms. The number of nitrogens with one attached hydrogen (secondary N) is 1. The monoisotopic (exact) mass is 498 g/mol. The zero-order valence-corrected chi connectivity index (χ0v) is 22.2. The highest BCUT2D eigenvalue weighted by molar-refractivity contribution is 5.98. The number of carbonyl (C=O) groups is 2. The van der Waals surface area contributed by atoms with Gasteiger partial charge in [-0.1, -0.05) is 87.5 Å². The molecule has 0 radical (unpaired) electrons. The minimum absolute atomic E-state index is 0.0123. The summed E-state index contributed by atoms with van der Waals surface area (Å²) in [6.45, 7) is 7.71. The van der Waals surface area contributed by atoms with Gasteiger partial charge in [-0.3, -0.25) is 9.59 Å². The molecule has 1 aliphatic heterocycles. The van der Waals surface area contributed by atoms with Gasteiger partial charge in [0.1, 0.15) is 5.75 Å². The number of rotatable bonds is 11. The van der Waals surface area contributed by atoms with Crippen LogP contribution in [-0.4, -0.2) is 31.5 Å². The number of benzene rings is 3. The van der Waals surface area contributed by atoms with Crippen LogP contribution in [0.1, 0.15) is 69.1 Å². The van der Waals surface area contributed by atoms with Gasteiger partial charge in [-0.2, -0.15) is 0 Å². The summed E-state index contributed by atoms with van der Waals surface area (Å²) in [5, 5.41) is 3.09. The van der Waals surface area contributed by atoms with Crippen molar-refractivity contribution in [1.82, 2.24) is 5.32 Å². The number of hydrogen-bond acceptors (Lipinski definition) is 3. The predicted octanol–water partition coefficient (Wildman–Crippen LogP) is 6.22. The second-order valence-electron chi connectivity index (χ2n) is 10.4. The summed E-state index contributed by atoms with van der Waals surface area (Å²) in [6, 6.07) is 27.0. The van der Waals surface area contributed by atoms with Gasteiger partial charge in [-0.05, 0) is 53.5 Å². The van der Waals surface area contributed by atoms with Crippen LogP contribution in [0.15, 0.2) is 78.9 Å². The Hall–Kier alpha value is -3.60. The predicted molar refractivity (Wildman–Crippen MR) is 149 cm³/mol. The third-order valence-electron chi connectivity index (χ3n) is 7.51. The molecule has 0 bridgehead atoms. The maximum atomic E-state index is 12.7. The van der Waals surface area contributed by atoms with Crippen molar-refractivity contribution in [3.8, 4) is 5.75 Å². The van der Waals surface area contributed by atoms with Crippen LogP contribution in [0.25, 0.3) is 0 Å². The van der Waals surface area contributed by atoms with Gasteiger partial charge in [0, 0.05) is 25.4 Å². The molecule has 1 aliphatic rings. The van der Waals surface area contributed by atoms with Crippen molar-refractivity contribution < 1.29 is 14.3 Å². The molecule has 0 atom stereocenters. The largest absolute Gasteiger partial charge is 0.482 e. The highest BCUT2D eigenvalue weighted by Gasteiger charge is 2.28. The molecule has 0 saturated heterocycles. The van der Waals surface area contributed by atoms with Crippen LogP contribution in [0.4, 0.5) is 5.69 Å². The second kappa shape index (κ2) is 12.1. The van der Waals surface area contributed by atoms with E-state index in [2.05, 4.69) is 86.8 Å². The van der Waals surface area contributed by atoms with E-state index in [1.807, 2.05) is 18.2 Å². The summed E-state index contributed by atoms with van der Waals surface area (Å²) in [5.41, 5.74) is 4.50. The number of anilines is 1. The van der Waals surface area contributed by atoms with Gasteiger partial charge >= 0.3 is 0 Å². The quantitative estimate of drug-likeness (QED) is 0.342. The minimum Gasteiger partial charge on any atom is -0.482 e. The number of ether oxygens (including phenoxy) is 1. The zero-order valence-electron chi connectivity index (χ0n) is 22.2. The van der Waals surface area contributed by atoms with Gasteiger partial charge in [0.2, 0.25) is 5.91 Å². The molecule has 2 amide bonds. The number of carbonyl (C=O) groups excluding carboxylic acids is 2. The van der Waals surface area contributed by atoms with E-state index in [-0.39, 0.29) is 29.8 Å². The Kier molecular flexibility index (Phi) is 8.65. The zero-order chi connectivity index (χ0) is 26.3.